The number of rotatable bonds is 5. The summed E-state index contributed by atoms with van der Waals surface area (Å²) in [6.07, 6.45) is 16.5. The van der Waals surface area contributed by atoms with E-state index in [0.717, 1.165) is 29.2 Å². The van der Waals surface area contributed by atoms with Crippen molar-refractivity contribution < 1.29 is 14.0 Å². The van der Waals surface area contributed by atoms with E-state index in [1.165, 1.54) is 16.7 Å². The molecular formula is C42H47O3P. The maximum Gasteiger partial charge on any atom is 0.153 e. The first kappa shape index (κ1) is 34.7. The molecule has 4 atom stereocenters. The highest BCUT2D eigenvalue weighted by Crippen LogP contribution is 2.57. The molecule has 0 saturated heterocycles. The van der Waals surface area contributed by atoms with Gasteiger partial charge in [0.05, 0.1) is 5.30 Å². The summed E-state index contributed by atoms with van der Waals surface area (Å²) >= 11 is 0. The van der Waals surface area contributed by atoms with Crippen molar-refractivity contribution in [3.63, 3.8) is 0 Å². The Labute approximate surface area is 276 Å². The number of aryl methyl sites for hydroxylation is 2. The van der Waals surface area contributed by atoms with Gasteiger partial charge in [-0.2, -0.15) is 0 Å². The van der Waals surface area contributed by atoms with Crippen LogP contribution in [0.5, 0.6) is 5.75 Å². The molecule has 0 N–H and O–H groups in total. The van der Waals surface area contributed by atoms with Gasteiger partial charge < -0.3 is 14.0 Å². The van der Waals surface area contributed by atoms with Gasteiger partial charge in [0, 0.05) is 37.5 Å². The predicted octanol–water partition coefficient (Wildman–Crippen LogP) is 9.79. The van der Waals surface area contributed by atoms with Crippen molar-refractivity contribution in [1.82, 2.24) is 0 Å². The fourth-order valence-corrected chi connectivity index (χ4v) is 8.85. The Kier molecular flexibility index (Phi) is 12.8. The molecule has 3 nitrogen and oxygen atoms in total. The fraction of sp³-hybridized carbons (Fsp3) is 0.238. The van der Waals surface area contributed by atoms with E-state index in [1.807, 2.05) is 103 Å². The second-order valence-electron chi connectivity index (χ2n) is 11.8. The molecule has 7 rings (SSSR count). The molecule has 46 heavy (non-hydrogen) atoms. The molecular weight excluding hydrogens is 583 g/mol. The third-order valence-corrected chi connectivity index (χ3v) is 11.7. The van der Waals surface area contributed by atoms with Crippen LogP contribution in [0.15, 0.2) is 163 Å². The van der Waals surface area contributed by atoms with Crippen LogP contribution >= 0.6 is 7.14 Å². The van der Waals surface area contributed by atoms with E-state index in [2.05, 4.69) is 80.2 Å². The van der Waals surface area contributed by atoms with Crippen molar-refractivity contribution in [3.05, 3.63) is 174 Å². The van der Waals surface area contributed by atoms with Gasteiger partial charge in [0.15, 0.2) is 7.14 Å². The van der Waals surface area contributed by atoms with Gasteiger partial charge in [0.2, 0.25) is 0 Å². The quantitative estimate of drug-likeness (QED) is 0.206. The summed E-state index contributed by atoms with van der Waals surface area (Å²) in [6.45, 7) is 6.30. The van der Waals surface area contributed by atoms with Crippen LogP contribution in [0.3, 0.4) is 0 Å². The lowest BCUT2D eigenvalue weighted by atomic mass is 10.0. The highest BCUT2D eigenvalue weighted by atomic mass is 31.2. The topological polar surface area (TPSA) is 35.5 Å². The molecule has 0 aliphatic heterocycles. The molecule has 0 amide bonds. The average molecular weight is 631 g/mol. The van der Waals surface area contributed by atoms with Gasteiger partial charge in [0.1, 0.15) is 11.4 Å². The standard InChI is InChI=1S/C26H25O2P.2C7H8.C2H6O/c1-20-11-10-12-21-19-26(20,21)28-24-17-8-9-18-25(24)29(27,22-13-4-2-5-14-22)23-15-6-3-7-16-23;2*1-7-5-3-2-4-6-7;1-3-2/h2-15,17-18,21,23H,16,19H2,1H3;2*2-6H,1H3;1-2H3. The maximum absolute atomic E-state index is 14.8. The molecule has 0 bridgehead atoms. The molecule has 1 saturated carbocycles. The van der Waals surface area contributed by atoms with Gasteiger partial charge in [-0.3, -0.25) is 0 Å². The van der Waals surface area contributed by atoms with Crippen LogP contribution in [0.4, 0.5) is 0 Å². The Morgan fingerprint density at radius 3 is 1.72 bits per heavy atom. The Morgan fingerprint density at radius 1 is 0.674 bits per heavy atom. The summed E-state index contributed by atoms with van der Waals surface area (Å²) in [6, 6.07) is 38.4. The number of ether oxygens (including phenoxy) is 2. The smallest absolute Gasteiger partial charge is 0.153 e. The number of fused-ring (bicyclic) bond motifs is 1. The minimum atomic E-state index is -2.94. The van der Waals surface area contributed by atoms with Gasteiger partial charge >= 0.3 is 0 Å². The minimum Gasteiger partial charge on any atom is -0.481 e. The molecule has 0 heterocycles. The normalized spacial score (nSPS) is 21.3. The van der Waals surface area contributed by atoms with Crippen LogP contribution in [-0.2, 0) is 9.30 Å². The molecule has 0 aromatic heterocycles. The highest BCUT2D eigenvalue weighted by molar-refractivity contribution is 7.79. The zero-order valence-electron chi connectivity index (χ0n) is 27.8. The molecule has 0 spiro atoms. The number of allylic oxidation sites excluding steroid dienone is 6. The monoisotopic (exact) mass is 630 g/mol. The molecule has 3 aliphatic carbocycles. The Bertz CT molecular complexity index is 1630. The van der Waals surface area contributed by atoms with Crippen molar-refractivity contribution in [2.24, 2.45) is 5.92 Å². The highest BCUT2D eigenvalue weighted by Gasteiger charge is 2.58. The largest absolute Gasteiger partial charge is 0.481 e. The summed E-state index contributed by atoms with van der Waals surface area (Å²) in [5, 5.41) is 1.72. The molecule has 4 heteroatoms. The Hall–Kier alpha value is -4.17. The Balaban J connectivity index is 0.000000230. The van der Waals surface area contributed by atoms with Crippen LogP contribution < -0.4 is 15.3 Å². The lowest BCUT2D eigenvalue weighted by molar-refractivity contribution is 0.206. The molecule has 1 fully saturated rings. The molecule has 3 aliphatic rings. The van der Waals surface area contributed by atoms with Crippen molar-refractivity contribution in [2.75, 3.05) is 14.2 Å². The Morgan fingerprint density at radius 2 is 1.22 bits per heavy atom. The predicted molar refractivity (Wildman–Crippen MR) is 196 cm³/mol. The van der Waals surface area contributed by atoms with Crippen LogP contribution in [0.2, 0.25) is 0 Å². The minimum absolute atomic E-state index is 0.0601. The molecule has 238 valence electrons. The number of methoxy groups -OCH3 is 1. The molecule has 0 radical (unpaired) electrons. The van der Waals surface area contributed by atoms with Crippen LogP contribution in [0.25, 0.3) is 0 Å². The number of para-hydroxylation sites is 1. The van der Waals surface area contributed by atoms with Crippen molar-refractivity contribution in [3.8, 4) is 5.75 Å². The van der Waals surface area contributed by atoms with E-state index < -0.39 is 7.14 Å². The van der Waals surface area contributed by atoms with Gasteiger partial charge in [-0.05, 0) is 44.9 Å². The van der Waals surface area contributed by atoms with Crippen LogP contribution in [-0.4, -0.2) is 25.5 Å². The lowest BCUT2D eigenvalue weighted by Crippen LogP contribution is -2.30. The average Bonchev–Trinajstić information content (AvgIpc) is 3.82. The second-order valence-corrected chi connectivity index (χ2v) is 14.8. The lowest BCUT2D eigenvalue weighted by Gasteiger charge is -2.30. The van der Waals surface area contributed by atoms with Gasteiger partial charge in [0.25, 0.3) is 0 Å². The van der Waals surface area contributed by atoms with Crippen molar-refractivity contribution >= 4 is 17.8 Å². The zero-order chi connectivity index (χ0) is 32.8. The molecule has 4 unspecified atom stereocenters. The first-order valence-electron chi connectivity index (χ1n) is 15.9. The van der Waals surface area contributed by atoms with E-state index in [9.17, 15) is 4.57 Å². The van der Waals surface area contributed by atoms with E-state index in [-0.39, 0.29) is 11.3 Å². The van der Waals surface area contributed by atoms with E-state index in [0.29, 0.717) is 5.92 Å². The third-order valence-electron chi connectivity index (χ3n) is 8.28. The first-order chi connectivity index (χ1) is 22.3. The SMILES string of the molecule is CC1=CC=CC2CC12Oc1ccccc1P(=O)(c1ccccc1)C1C=CC=CC1.COC.Cc1ccccc1.Cc1ccccc1. The van der Waals surface area contributed by atoms with E-state index >= 15 is 0 Å². The summed E-state index contributed by atoms with van der Waals surface area (Å²) in [7, 11) is 0.314. The number of benzene rings is 4. The van der Waals surface area contributed by atoms with Gasteiger partial charge in [-0.25, -0.2) is 0 Å². The van der Waals surface area contributed by atoms with Crippen LogP contribution in [0, 0.1) is 19.8 Å². The van der Waals surface area contributed by atoms with E-state index in [1.54, 1.807) is 14.2 Å². The maximum atomic E-state index is 14.8. The zero-order valence-corrected chi connectivity index (χ0v) is 28.6. The second kappa shape index (κ2) is 16.9. The summed E-state index contributed by atoms with van der Waals surface area (Å²) < 4.78 is 25.8. The van der Waals surface area contributed by atoms with Crippen LogP contribution in [0.1, 0.15) is 30.9 Å². The third kappa shape index (κ3) is 8.75. The molecule has 4 aromatic carbocycles. The van der Waals surface area contributed by atoms with Crippen molar-refractivity contribution in [2.45, 2.75) is 44.9 Å². The summed E-state index contributed by atoms with van der Waals surface area (Å²) in [5.41, 5.74) is 3.56. The van der Waals surface area contributed by atoms with Crippen molar-refractivity contribution in [1.29, 1.82) is 0 Å². The van der Waals surface area contributed by atoms with Gasteiger partial charge in [-0.15, -0.1) is 0 Å². The van der Waals surface area contributed by atoms with E-state index in [4.69, 9.17) is 4.74 Å². The number of hydrogen-bond acceptors (Lipinski definition) is 3. The van der Waals surface area contributed by atoms with Gasteiger partial charge in [-0.1, -0.05) is 157 Å². The first-order valence-corrected chi connectivity index (χ1v) is 17.7. The fourth-order valence-electron chi connectivity index (χ4n) is 5.70. The summed E-state index contributed by atoms with van der Waals surface area (Å²) in [4.78, 5) is 0. The number of hydrogen-bond donors (Lipinski definition) is 0. The summed E-state index contributed by atoms with van der Waals surface area (Å²) in [5.74, 6) is 1.17. The molecule has 4 aromatic rings.